The molecule has 27 heavy (non-hydrogen) atoms. The second kappa shape index (κ2) is 7.45. The molecule has 0 saturated heterocycles. The monoisotopic (exact) mass is 397 g/mol. The number of hydrogen-bond donors (Lipinski definition) is 0. The van der Waals surface area contributed by atoms with Gasteiger partial charge in [-0.25, -0.2) is 4.79 Å². The van der Waals surface area contributed by atoms with Crippen LogP contribution in [0.2, 0.25) is 0 Å². The van der Waals surface area contributed by atoms with E-state index in [1.54, 1.807) is 19.1 Å². The lowest BCUT2D eigenvalue weighted by molar-refractivity contribution is -0.308. The highest BCUT2D eigenvalue weighted by Gasteiger charge is 2.60. The van der Waals surface area contributed by atoms with Crippen LogP contribution in [0.15, 0.2) is 28.8 Å². The molecule has 1 heterocycles. The molecular formula is C15H13F6N3O3. The molecule has 1 amide bonds. The number of carbonyl (C=O) groups is 1. The van der Waals surface area contributed by atoms with Gasteiger partial charge in [-0.05, 0) is 11.6 Å². The Balaban J connectivity index is 2.10. The van der Waals surface area contributed by atoms with Gasteiger partial charge in [0.25, 0.3) is 6.10 Å². The molecule has 0 radical (unpaired) electrons. The first-order valence-corrected chi connectivity index (χ1v) is 7.32. The van der Waals surface area contributed by atoms with Crippen LogP contribution < -0.4 is 0 Å². The highest BCUT2D eigenvalue weighted by Crippen LogP contribution is 2.36. The van der Waals surface area contributed by atoms with Gasteiger partial charge in [-0.1, -0.05) is 23.4 Å². The number of carbonyl (C=O) groups excluding carboxylic acids is 1. The van der Waals surface area contributed by atoms with Gasteiger partial charge >= 0.3 is 18.4 Å². The molecule has 0 spiro atoms. The van der Waals surface area contributed by atoms with Crippen LogP contribution in [0.1, 0.15) is 11.5 Å². The minimum absolute atomic E-state index is 0.244. The third kappa shape index (κ3) is 5.34. The summed E-state index contributed by atoms with van der Waals surface area (Å²) in [5, 5.41) is 3.69. The topological polar surface area (TPSA) is 68.5 Å². The Labute approximate surface area is 148 Å². The summed E-state index contributed by atoms with van der Waals surface area (Å²) in [6, 6.07) is 6.21. The Morgan fingerprint density at radius 1 is 1.22 bits per heavy atom. The van der Waals surface area contributed by atoms with Gasteiger partial charge in [0.1, 0.15) is 0 Å². The highest BCUT2D eigenvalue weighted by molar-refractivity contribution is 5.68. The van der Waals surface area contributed by atoms with Crippen LogP contribution in [-0.2, 0) is 11.3 Å². The number of benzene rings is 1. The van der Waals surface area contributed by atoms with Gasteiger partial charge in [0, 0.05) is 26.1 Å². The summed E-state index contributed by atoms with van der Waals surface area (Å²) >= 11 is 0. The molecule has 2 rings (SSSR count). The quantitative estimate of drug-likeness (QED) is 0.727. The number of ether oxygens (including phenoxy) is 1. The van der Waals surface area contributed by atoms with Gasteiger partial charge in [-0.2, -0.15) is 31.3 Å². The summed E-state index contributed by atoms with van der Waals surface area (Å²) in [5.74, 6) is 0.551. The zero-order valence-corrected chi connectivity index (χ0v) is 13.9. The van der Waals surface area contributed by atoms with E-state index >= 15 is 0 Å². The van der Waals surface area contributed by atoms with Crippen molar-refractivity contribution in [2.75, 3.05) is 7.05 Å². The van der Waals surface area contributed by atoms with E-state index in [4.69, 9.17) is 4.52 Å². The minimum Gasteiger partial charge on any atom is -0.426 e. The van der Waals surface area contributed by atoms with Crippen LogP contribution in [0.3, 0.4) is 0 Å². The molecule has 12 heteroatoms. The zero-order chi connectivity index (χ0) is 20.4. The van der Waals surface area contributed by atoms with Gasteiger partial charge in [0.2, 0.25) is 11.7 Å². The normalized spacial score (nSPS) is 12.3. The Hall–Kier alpha value is -2.79. The average Bonchev–Trinajstić information content (AvgIpc) is 2.97. The average molecular weight is 397 g/mol. The van der Waals surface area contributed by atoms with E-state index in [-0.39, 0.29) is 12.4 Å². The Morgan fingerprint density at radius 2 is 1.85 bits per heavy atom. The van der Waals surface area contributed by atoms with Gasteiger partial charge in [0.15, 0.2) is 0 Å². The number of aryl methyl sites for hydroxylation is 1. The number of halogens is 6. The second-order valence-electron chi connectivity index (χ2n) is 5.54. The van der Waals surface area contributed by atoms with Crippen molar-refractivity contribution in [3.63, 3.8) is 0 Å². The van der Waals surface area contributed by atoms with Crippen LogP contribution in [0.5, 0.6) is 0 Å². The standard InChI is InChI=1S/C15H13F6N3O3/c1-8-22-11(23-27-8)10-5-3-4-9(6-10)7-24(2)13(25)26-12(14(16,17)18)15(19,20)21/h3-6,12H,7H2,1-2H3. The Bertz CT molecular complexity index is 789. The van der Waals surface area contributed by atoms with Crippen molar-refractivity contribution in [2.45, 2.75) is 31.9 Å². The molecule has 0 N–H and O–H groups in total. The van der Waals surface area contributed by atoms with Crippen LogP contribution in [-0.4, -0.2) is 46.6 Å². The lowest BCUT2D eigenvalue weighted by Gasteiger charge is -2.25. The fraction of sp³-hybridized carbons (Fsp3) is 0.400. The molecule has 1 aromatic carbocycles. The van der Waals surface area contributed by atoms with Crippen LogP contribution in [0.25, 0.3) is 11.4 Å². The van der Waals surface area contributed by atoms with Crippen molar-refractivity contribution in [3.8, 4) is 11.4 Å². The molecule has 0 aliphatic rings. The summed E-state index contributed by atoms with van der Waals surface area (Å²) in [6.45, 7) is 1.27. The molecule has 0 saturated carbocycles. The van der Waals surface area contributed by atoms with Crippen LogP contribution >= 0.6 is 0 Å². The summed E-state index contributed by atoms with van der Waals surface area (Å²) < 4.78 is 83.3. The molecule has 0 unspecified atom stereocenters. The van der Waals surface area contributed by atoms with E-state index in [0.717, 1.165) is 7.05 Å². The van der Waals surface area contributed by atoms with E-state index < -0.39 is 24.5 Å². The number of aromatic nitrogens is 2. The third-order valence-corrected chi connectivity index (χ3v) is 3.26. The predicted octanol–water partition coefficient (Wildman–Crippen LogP) is 4.11. The minimum atomic E-state index is -5.77. The number of rotatable bonds is 4. The summed E-state index contributed by atoms with van der Waals surface area (Å²) in [7, 11) is 1.01. The van der Waals surface area contributed by atoms with Crippen molar-refractivity contribution >= 4 is 6.09 Å². The Morgan fingerprint density at radius 3 is 2.37 bits per heavy atom. The SMILES string of the molecule is Cc1nc(-c2cccc(CN(C)C(=O)OC(C(F)(F)F)C(F)(F)F)c2)no1. The number of amides is 1. The van der Waals surface area contributed by atoms with Crippen molar-refractivity contribution in [1.82, 2.24) is 15.0 Å². The molecular weight excluding hydrogens is 384 g/mol. The number of nitrogens with zero attached hydrogens (tertiary/aromatic N) is 3. The van der Waals surface area contributed by atoms with Crippen molar-refractivity contribution in [1.29, 1.82) is 0 Å². The second-order valence-corrected chi connectivity index (χ2v) is 5.54. The maximum atomic E-state index is 12.5. The van der Waals surface area contributed by atoms with E-state index in [1.807, 2.05) is 0 Å². The van der Waals surface area contributed by atoms with E-state index in [1.165, 1.54) is 12.1 Å². The van der Waals surface area contributed by atoms with Crippen molar-refractivity contribution in [2.24, 2.45) is 0 Å². The van der Waals surface area contributed by atoms with E-state index in [9.17, 15) is 31.1 Å². The zero-order valence-electron chi connectivity index (χ0n) is 13.9. The van der Waals surface area contributed by atoms with Crippen LogP contribution in [0.4, 0.5) is 31.1 Å². The fourth-order valence-corrected chi connectivity index (χ4v) is 2.07. The molecule has 2 aromatic rings. The molecule has 0 aliphatic heterocycles. The maximum absolute atomic E-state index is 12.5. The molecule has 0 aliphatic carbocycles. The van der Waals surface area contributed by atoms with E-state index in [0.29, 0.717) is 21.9 Å². The first-order chi connectivity index (χ1) is 12.4. The maximum Gasteiger partial charge on any atom is 0.434 e. The van der Waals surface area contributed by atoms with E-state index in [2.05, 4.69) is 14.9 Å². The van der Waals surface area contributed by atoms with Gasteiger partial charge in [-0.15, -0.1) is 0 Å². The molecule has 1 aromatic heterocycles. The Kier molecular flexibility index (Phi) is 5.66. The predicted molar refractivity (Wildman–Crippen MR) is 78.3 cm³/mol. The molecule has 148 valence electrons. The summed E-state index contributed by atoms with van der Waals surface area (Å²) in [5.41, 5.74) is 0.902. The van der Waals surface area contributed by atoms with Crippen molar-refractivity contribution < 1.29 is 40.4 Å². The smallest absolute Gasteiger partial charge is 0.426 e. The summed E-state index contributed by atoms with van der Waals surface area (Å²) in [4.78, 5) is 16.3. The van der Waals surface area contributed by atoms with Gasteiger partial charge in [0.05, 0.1) is 0 Å². The lowest BCUT2D eigenvalue weighted by atomic mass is 10.1. The summed E-state index contributed by atoms with van der Waals surface area (Å²) in [6.07, 6.45) is -17.5. The number of alkyl halides is 6. The third-order valence-electron chi connectivity index (χ3n) is 3.26. The molecule has 0 fully saturated rings. The molecule has 0 atom stereocenters. The van der Waals surface area contributed by atoms with Gasteiger partial charge in [-0.3, -0.25) is 0 Å². The molecule has 0 bridgehead atoms. The lowest BCUT2D eigenvalue weighted by Crippen LogP contribution is -2.47. The number of hydrogen-bond acceptors (Lipinski definition) is 5. The largest absolute Gasteiger partial charge is 0.434 e. The van der Waals surface area contributed by atoms with Gasteiger partial charge < -0.3 is 14.2 Å². The fourth-order valence-electron chi connectivity index (χ4n) is 2.07. The molecule has 6 nitrogen and oxygen atoms in total. The highest BCUT2D eigenvalue weighted by atomic mass is 19.4. The van der Waals surface area contributed by atoms with Crippen molar-refractivity contribution in [3.05, 3.63) is 35.7 Å². The first-order valence-electron chi connectivity index (χ1n) is 7.32. The first kappa shape index (κ1) is 20.5. The van der Waals surface area contributed by atoms with Crippen LogP contribution in [0, 0.1) is 6.92 Å².